The lowest BCUT2D eigenvalue weighted by atomic mass is 10.2. The van der Waals surface area contributed by atoms with E-state index in [0.29, 0.717) is 6.42 Å². The van der Waals surface area contributed by atoms with Crippen LogP contribution in [0.3, 0.4) is 0 Å². The van der Waals surface area contributed by atoms with E-state index in [1.807, 2.05) is 0 Å². The summed E-state index contributed by atoms with van der Waals surface area (Å²) < 4.78 is 5.12. The zero-order valence-corrected chi connectivity index (χ0v) is 11.1. The number of amides is 1. The Morgan fingerprint density at radius 3 is 2.82 bits per heavy atom. The van der Waals surface area contributed by atoms with E-state index in [1.54, 1.807) is 32.5 Å². The molecule has 1 aromatic heterocycles. The molecule has 0 saturated carbocycles. The first-order valence-corrected chi connectivity index (χ1v) is 6.26. The number of aliphatic hydroxyl groups excluding tert-OH is 1. The SMILES string of the molecule is CC(C)(C)OC(=O)N[C@H](CO)Cc1cncs1. The van der Waals surface area contributed by atoms with Crippen LogP contribution in [-0.4, -0.2) is 34.4 Å². The normalized spacial score (nSPS) is 13.2. The van der Waals surface area contributed by atoms with Gasteiger partial charge in [-0.25, -0.2) is 4.79 Å². The van der Waals surface area contributed by atoms with Gasteiger partial charge in [-0.3, -0.25) is 4.98 Å². The average Bonchev–Trinajstić information content (AvgIpc) is 2.66. The van der Waals surface area contributed by atoms with Crippen molar-refractivity contribution < 1.29 is 14.6 Å². The summed E-state index contributed by atoms with van der Waals surface area (Å²) in [6.07, 6.45) is 1.77. The Morgan fingerprint density at radius 2 is 2.35 bits per heavy atom. The molecule has 0 aliphatic rings. The summed E-state index contributed by atoms with van der Waals surface area (Å²) in [5.41, 5.74) is 1.19. The minimum atomic E-state index is -0.533. The standard InChI is InChI=1S/C11H18N2O3S/c1-11(2,3)16-10(15)13-8(6-14)4-9-5-12-7-17-9/h5,7-8,14H,4,6H2,1-3H3,(H,13,15)/t8-/m0/s1. The monoisotopic (exact) mass is 258 g/mol. The van der Waals surface area contributed by atoms with Gasteiger partial charge in [0.05, 0.1) is 18.2 Å². The van der Waals surface area contributed by atoms with E-state index in [9.17, 15) is 9.90 Å². The van der Waals surface area contributed by atoms with Crippen LogP contribution in [0.5, 0.6) is 0 Å². The Hall–Kier alpha value is -1.14. The molecular weight excluding hydrogens is 240 g/mol. The summed E-state index contributed by atoms with van der Waals surface area (Å²) in [4.78, 5) is 16.5. The smallest absolute Gasteiger partial charge is 0.407 e. The predicted octanol–water partition coefficient (Wildman–Crippen LogP) is 1.57. The third-order valence-corrected chi connectivity index (χ3v) is 2.67. The van der Waals surface area contributed by atoms with Crippen molar-refractivity contribution in [3.63, 3.8) is 0 Å². The van der Waals surface area contributed by atoms with Gasteiger partial charge in [0.1, 0.15) is 5.60 Å². The molecule has 1 aromatic rings. The molecule has 6 heteroatoms. The fourth-order valence-corrected chi connectivity index (χ4v) is 1.90. The number of carbonyl (C=O) groups excluding carboxylic acids is 1. The summed E-state index contributed by atoms with van der Waals surface area (Å²) >= 11 is 1.49. The van der Waals surface area contributed by atoms with Crippen LogP contribution in [0.4, 0.5) is 4.79 Å². The van der Waals surface area contributed by atoms with Crippen LogP contribution in [0.25, 0.3) is 0 Å². The van der Waals surface area contributed by atoms with Crippen molar-refractivity contribution in [2.24, 2.45) is 0 Å². The Balaban J connectivity index is 2.44. The van der Waals surface area contributed by atoms with E-state index in [4.69, 9.17) is 4.74 Å². The minimum absolute atomic E-state index is 0.128. The molecule has 1 heterocycles. The third-order valence-electron chi connectivity index (χ3n) is 1.87. The number of alkyl carbamates (subject to hydrolysis) is 1. The number of hydrogen-bond donors (Lipinski definition) is 2. The molecule has 17 heavy (non-hydrogen) atoms. The summed E-state index contributed by atoms with van der Waals surface area (Å²) in [5, 5.41) is 11.8. The molecule has 0 aliphatic carbocycles. The number of hydrogen-bond acceptors (Lipinski definition) is 5. The van der Waals surface area contributed by atoms with E-state index in [-0.39, 0.29) is 12.6 Å². The van der Waals surface area contributed by atoms with Crippen LogP contribution >= 0.6 is 11.3 Å². The van der Waals surface area contributed by atoms with Crippen molar-refractivity contribution in [3.05, 3.63) is 16.6 Å². The highest BCUT2D eigenvalue weighted by atomic mass is 32.1. The number of aliphatic hydroxyl groups is 1. The van der Waals surface area contributed by atoms with Gasteiger partial charge >= 0.3 is 6.09 Å². The lowest BCUT2D eigenvalue weighted by Gasteiger charge is -2.22. The van der Waals surface area contributed by atoms with Gasteiger partial charge in [0.2, 0.25) is 0 Å². The Morgan fingerprint density at radius 1 is 1.65 bits per heavy atom. The maximum Gasteiger partial charge on any atom is 0.407 e. The summed E-state index contributed by atoms with van der Waals surface area (Å²) in [7, 11) is 0. The molecule has 0 fully saturated rings. The highest BCUT2D eigenvalue weighted by molar-refractivity contribution is 7.09. The van der Waals surface area contributed by atoms with Crippen molar-refractivity contribution in [3.8, 4) is 0 Å². The largest absolute Gasteiger partial charge is 0.444 e. The van der Waals surface area contributed by atoms with Crippen LogP contribution in [0.15, 0.2) is 11.7 Å². The van der Waals surface area contributed by atoms with Crippen LogP contribution < -0.4 is 5.32 Å². The molecule has 0 radical (unpaired) electrons. The molecule has 2 N–H and O–H groups in total. The fraction of sp³-hybridized carbons (Fsp3) is 0.636. The molecular formula is C11H18N2O3S. The molecule has 1 amide bonds. The molecule has 1 atom stereocenters. The number of ether oxygens (including phenoxy) is 1. The van der Waals surface area contributed by atoms with Gasteiger partial charge in [-0.2, -0.15) is 0 Å². The van der Waals surface area contributed by atoms with Gasteiger partial charge in [-0.1, -0.05) is 0 Å². The second-order valence-electron chi connectivity index (χ2n) is 4.70. The van der Waals surface area contributed by atoms with Gasteiger partial charge in [-0.15, -0.1) is 11.3 Å². The van der Waals surface area contributed by atoms with Crippen molar-refractivity contribution >= 4 is 17.4 Å². The van der Waals surface area contributed by atoms with Crippen LogP contribution in [-0.2, 0) is 11.2 Å². The number of thiazole rings is 1. The molecule has 5 nitrogen and oxygen atoms in total. The van der Waals surface area contributed by atoms with Gasteiger partial charge in [0.15, 0.2) is 0 Å². The van der Waals surface area contributed by atoms with Crippen LogP contribution in [0.1, 0.15) is 25.6 Å². The quantitative estimate of drug-likeness (QED) is 0.860. The lowest BCUT2D eigenvalue weighted by molar-refractivity contribution is 0.0483. The van der Waals surface area contributed by atoms with E-state index in [0.717, 1.165) is 4.88 Å². The zero-order valence-electron chi connectivity index (χ0n) is 10.3. The summed E-state index contributed by atoms with van der Waals surface area (Å²) in [6.45, 7) is 5.26. The molecule has 0 aliphatic heterocycles. The molecule has 0 saturated heterocycles. The van der Waals surface area contributed by atoms with Crippen LogP contribution in [0.2, 0.25) is 0 Å². The lowest BCUT2D eigenvalue weighted by Crippen LogP contribution is -2.42. The predicted molar refractivity (Wildman–Crippen MR) is 66.1 cm³/mol. The number of nitrogens with one attached hydrogen (secondary N) is 1. The Bertz CT molecular complexity index is 346. The number of carbonyl (C=O) groups is 1. The van der Waals surface area contributed by atoms with E-state index in [1.165, 1.54) is 11.3 Å². The molecule has 1 rings (SSSR count). The fourth-order valence-electron chi connectivity index (χ4n) is 1.22. The first kappa shape index (κ1) is 13.9. The molecule has 0 aromatic carbocycles. The third kappa shape index (κ3) is 5.65. The highest BCUT2D eigenvalue weighted by Gasteiger charge is 2.19. The average molecular weight is 258 g/mol. The Labute approximate surface area is 105 Å². The molecule has 96 valence electrons. The molecule has 0 spiro atoms. The second kappa shape index (κ2) is 5.97. The number of aromatic nitrogens is 1. The van der Waals surface area contributed by atoms with E-state index >= 15 is 0 Å². The van der Waals surface area contributed by atoms with Gasteiger partial charge in [0, 0.05) is 17.5 Å². The maximum atomic E-state index is 11.5. The number of rotatable bonds is 4. The second-order valence-corrected chi connectivity index (χ2v) is 5.67. The maximum absolute atomic E-state index is 11.5. The zero-order chi connectivity index (χ0) is 12.9. The first-order chi connectivity index (χ1) is 7.90. The first-order valence-electron chi connectivity index (χ1n) is 5.38. The van der Waals surface area contributed by atoms with Crippen LogP contribution in [0, 0.1) is 0 Å². The molecule has 0 bridgehead atoms. The van der Waals surface area contributed by atoms with Gasteiger partial charge in [-0.05, 0) is 20.8 Å². The summed E-state index contributed by atoms with van der Waals surface area (Å²) in [6, 6.07) is -0.342. The van der Waals surface area contributed by atoms with Gasteiger partial charge in [0.25, 0.3) is 0 Å². The topological polar surface area (TPSA) is 71.5 Å². The molecule has 0 unspecified atom stereocenters. The summed E-state index contributed by atoms with van der Waals surface area (Å²) in [5.74, 6) is 0. The highest BCUT2D eigenvalue weighted by Crippen LogP contribution is 2.10. The van der Waals surface area contributed by atoms with Crippen molar-refractivity contribution in [2.75, 3.05) is 6.61 Å². The van der Waals surface area contributed by atoms with Crippen molar-refractivity contribution in [1.29, 1.82) is 0 Å². The number of nitrogens with zero attached hydrogens (tertiary/aromatic N) is 1. The van der Waals surface area contributed by atoms with Crippen molar-refractivity contribution in [2.45, 2.75) is 38.8 Å². The Kier molecular flexibility index (Phi) is 4.89. The van der Waals surface area contributed by atoms with E-state index < -0.39 is 11.7 Å². The minimum Gasteiger partial charge on any atom is -0.444 e. The van der Waals surface area contributed by atoms with Gasteiger partial charge < -0.3 is 15.2 Å². The van der Waals surface area contributed by atoms with E-state index in [2.05, 4.69) is 10.3 Å². The van der Waals surface area contributed by atoms with Crippen molar-refractivity contribution in [1.82, 2.24) is 10.3 Å².